The number of carbonyl (C=O) groups excluding carboxylic acids is 1. The molecule has 16 heavy (non-hydrogen) atoms. The van der Waals surface area contributed by atoms with Crippen molar-refractivity contribution in [3.05, 3.63) is 23.9 Å². The number of hydrogen-bond donors (Lipinski definition) is 2. The number of anilines is 1. The topological polar surface area (TPSA) is 54.0 Å². The molecule has 0 saturated carbocycles. The molecule has 0 spiro atoms. The number of aromatic nitrogens is 1. The van der Waals surface area contributed by atoms with Crippen molar-refractivity contribution >= 4 is 11.7 Å². The molecule has 0 aliphatic heterocycles. The summed E-state index contributed by atoms with van der Waals surface area (Å²) in [6.45, 7) is 6.03. The van der Waals surface area contributed by atoms with E-state index in [9.17, 15) is 4.79 Å². The third kappa shape index (κ3) is 3.22. The average molecular weight is 221 g/mol. The minimum atomic E-state index is -0.200. The van der Waals surface area contributed by atoms with Crippen molar-refractivity contribution in [2.75, 3.05) is 12.4 Å². The Kier molecular flexibility index (Phi) is 3.88. The molecule has 0 aliphatic carbocycles. The summed E-state index contributed by atoms with van der Waals surface area (Å²) in [6.07, 6.45) is 0.879. The molecule has 0 aliphatic rings. The molecule has 0 unspecified atom stereocenters. The molecule has 1 aromatic rings. The summed E-state index contributed by atoms with van der Waals surface area (Å²) < 4.78 is 0. The Morgan fingerprint density at radius 1 is 1.44 bits per heavy atom. The van der Waals surface area contributed by atoms with E-state index in [1.54, 1.807) is 13.1 Å². The van der Waals surface area contributed by atoms with E-state index in [1.165, 1.54) is 0 Å². The van der Waals surface area contributed by atoms with Gasteiger partial charge in [-0.05, 0) is 32.4 Å². The number of rotatable bonds is 4. The standard InChI is InChI=1S/C12H19N3O/c1-5-12(2,3)15-11(16)9-7-6-8-10(13-4)14-9/h6-8H,5H2,1-4H3,(H,13,14)(H,15,16). The molecule has 0 radical (unpaired) electrons. The highest BCUT2D eigenvalue weighted by atomic mass is 16.2. The molecule has 1 rings (SSSR count). The first-order valence-electron chi connectivity index (χ1n) is 5.46. The van der Waals surface area contributed by atoms with Crippen LogP contribution in [-0.2, 0) is 0 Å². The van der Waals surface area contributed by atoms with Crippen molar-refractivity contribution in [1.29, 1.82) is 0 Å². The van der Waals surface area contributed by atoms with Crippen LogP contribution in [0.25, 0.3) is 0 Å². The van der Waals surface area contributed by atoms with E-state index in [-0.39, 0.29) is 11.4 Å². The van der Waals surface area contributed by atoms with Gasteiger partial charge in [0.2, 0.25) is 0 Å². The maximum absolute atomic E-state index is 11.9. The van der Waals surface area contributed by atoms with Crippen LogP contribution >= 0.6 is 0 Å². The molecule has 2 N–H and O–H groups in total. The second-order valence-corrected chi connectivity index (χ2v) is 4.35. The lowest BCUT2D eigenvalue weighted by atomic mass is 10.0. The zero-order valence-electron chi connectivity index (χ0n) is 10.3. The van der Waals surface area contributed by atoms with Gasteiger partial charge in [0.25, 0.3) is 5.91 Å². The molecular weight excluding hydrogens is 202 g/mol. The van der Waals surface area contributed by atoms with Gasteiger partial charge < -0.3 is 10.6 Å². The summed E-state index contributed by atoms with van der Waals surface area (Å²) >= 11 is 0. The van der Waals surface area contributed by atoms with Crippen LogP contribution in [-0.4, -0.2) is 23.5 Å². The van der Waals surface area contributed by atoms with E-state index in [0.29, 0.717) is 11.5 Å². The molecular formula is C12H19N3O. The van der Waals surface area contributed by atoms with Crippen molar-refractivity contribution in [3.63, 3.8) is 0 Å². The third-order valence-corrected chi connectivity index (χ3v) is 2.57. The van der Waals surface area contributed by atoms with E-state index >= 15 is 0 Å². The predicted octanol–water partition coefficient (Wildman–Crippen LogP) is 2.04. The SMILES string of the molecule is CCC(C)(C)NC(=O)c1cccc(NC)n1. The average Bonchev–Trinajstić information content (AvgIpc) is 2.28. The van der Waals surface area contributed by atoms with Crippen molar-refractivity contribution in [1.82, 2.24) is 10.3 Å². The Bertz CT molecular complexity index is 374. The number of amides is 1. The Labute approximate surface area is 96.5 Å². The minimum Gasteiger partial charge on any atom is -0.373 e. The van der Waals surface area contributed by atoms with Gasteiger partial charge in [0, 0.05) is 12.6 Å². The number of nitrogens with one attached hydrogen (secondary N) is 2. The first kappa shape index (κ1) is 12.5. The fourth-order valence-electron chi connectivity index (χ4n) is 1.16. The smallest absolute Gasteiger partial charge is 0.270 e. The monoisotopic (exact) mass is 221 g/mol. The maximum Gasteiger partial charge on any atom is 0.270 e. The molecule has 0 aromatic carbocycles. The minimum absolute atomic E-state index is 0.135. The Hall–Kier alpha value is -1.58. The second-order valence-electron chi connectivity index (χ2n) is 4.35. The lowest BCUT2D eigenvalue weighted by Gasteiger charge is -2.24. The largest absolute Gasteiger partial charge is 0.373 e. The van der Waals surface area contributed by atoms with Crippen LogP contribution in [0, 0.1) is 0 Å². The van der Waals surface area contributed by atoms with Gasteiger partial charge in [-0.1, -0.05) is 13.0 Å². The van der Waals surface area contributed by atoms with Gasteiger partial charge in [0.05, 0.1) is 0 Å². The summed E-state index contributed by atoms with van der Waals surface area (Å²) in [5, 5.41) is 5.85. The van der Waals surface area contributed by atoms with E-state index in [4.69, 9.17) is 0 Å². The summed E-state index contributed by atoms with van der Waals surface area (Å²) in [7, 11) is 1.78. The molecule has 4 nitrogen and oxygen atoms in total. The summed E-state index contributed by atoms with van der Waals surface area (Å²) in [4.78, 5) is 16.1. The van der Waals surface area contributed by atoms with Crippen LogP contribution in [0.2, 0.25) is 0 Å². The number of hydrogen-bond acceptors (Lipinski definition) is 3. The first-order chi connectivity index (χ1) is 7.48. The number of nitrogens with zero attached hydrogens (tertiary/aromatic N) is 1. The molecule has 0 atom stereocenters. The predicted molar refractivity (Wildman–Crippen MR) is 65.6 cm³/mol. The van der Waals surface area contributed by atoms with Gasteiger partial charge in [-0.2, -0.15) is 0 Å². The van der Waals surface area contributed by atoms with E-state index < -0.39 is 0 Å². The van der Waals surface area contributed by atoms with Crippen LogP contribution in [0.3, 0.4) is 0 Å². The highest BCUT2D eigenvalue weighted by molar-refractivity contribution is 5.93. The fourth-order valence-corrected chi connectivity index (χ4v) is 1.16. The molecule has 0 bridgehead atoms. The summed E-state index contributed by atoms with van der Waals surface area (Å²) in [6, 6.07) is 5.34. The van der Waals surface area contributed by atoms with Gasteiger partial charge >= 0.3 is 0 Å². The van der Waals surface area contributed by atoms with Crippen LogP contribution in [0.1, 0.15) is 37.7 Å². The fraction of sp³-hybridized carbons (Fsp3) is 0.500. The quantitative estimate of drug-likeness (QED) is 0.818. The molecule has 1 amide bonds. The van der Waals surface area contributed by atoms with Crippen molar-refractivity contribution in [3.8, 4) is 0 Å². The van der Waals surface area contributed by atoms with Crippen LogP contribution in [0.4, 0.5) is 5.82 Å². The van der Waals surface area contributed by atoms with Crippen molar-refractivity contribution in [2.45, 2.75) is 32.7 Å². The molecule has 4 heteroatoms. The van der Waals surface area contributed by atoms with Crippen LogP contribution < -0.4 is 10.6 Å². The van der Waals surface area contributed by atoms with Gasteiger partial charge in [0.1, 0.15) is 11.5 Å². The lowest BCUT2D eigenvalue weighted by molar-refractivity contribution is 0.0906. The summed E-state index contributed by atoms with van der Waals surface area (Å²) in [5.41, 5.74) is 0.238. The normalized spacial score (nSPS) is 11.0. The number of carbonyl (C=O) groups is 1. The first-order valence-corrected chi connectivity index (χ1v) is 5.46. The summed E-state index contributed by atoms with van der Waals surface area (Å²) in [5.74, 6) is 0.561. The van der Waals surface area contributed by atoms with Crippen LogP contribution in [0.5, 0.6) is 0 Å². The second kappa shape index (κ2) is 4.96. The lowest BCUT2D eigenvalue weighted by Crippen LogP contribution is -2.43. The number of pyridine rings is 1. The Morgan fingerprint density at radius 2 is 2.12 bits per heavy atom. The van der Waals surface area contributed by atoms with E-state index in [2.05, 4.69) is 15.6 Å². The van der Waals surface area contributed by atoms with Gasteiger partial charge in [-0.15, -0.1) is 0 Å². The van der Waals surface area contributed by atoms with Gasteiger partial charge in [0.15, 0.2) is 0 Å². The third-order valence-electron chi connectivity index (χ3n) is 2.57. The highest BCUT2D eigenvalue weighted by Crippen LogP contribution is 2.09. The van der Waals surface area contributed by atoms with E-state index in [1.807, 2.05) is 32.9 Å². The molecule has 0 saturated heterocycles. The van der Waals surface area contributed by atoms with Gasteiger partial charge in [-0.3, -0.25) is 4.79 Å². The zero-order chi connectivity index (χ0) is 12.2. The van der Waals surface area contributed by atoms with Gasteiger partial charge in [-0.25, -0.2) is 4.98 Å². The highest BCUT2D eigenvalue weighted by Gasteiger charge is 2.19. The Morgan fingerprint density at radius 3 is 2.69 bits per heavy atom. The molecule has 0 fully saturated rings. The van der Waals surface area contributed by atoms with Crippen molar-refractivity contribution < 1.29 is 4.79 Å². The Balaban J connectivity index is 2.80. The molecule has 88 valence electrons. The van der Waals surface area contributed by atoms with Crippen LogP contribution in [0.15, 0.2) is 18.2 Å². The van der Waals surface area contributed by atoms with Crippen molar-refractivity contribution in [2.24, 2.45) is 0 Å². The maximum atomic E-state index is 11.9. The zero-order valence-corrected chi connectivity index (χ0v) is 10.3. The molecule has 1 heterocycles. The van der Waals surface area contributed by atoms with E-state index in [0.717, 1.165) is 6.42 Å². The molecule has 1 aromatic heterocycles.